The lowest BCUT2D eigenvalue weighted by Crippen LogP contribution is -2.30. The number of aromatic carboxylic acids is 1. The molecule has 2 aromatic heterocycles. The lowest BCUT2D eigenvalue weighted by molar-refractivity contribution is 0.0697. The van der Waals surface area contributed by atoms with Gasteiger partial charge in [0.05, 0.1) is 16.1 Å². The van der Waals surface area contributed by atoms with E-state index in [2.05, 4.69) is 5.10 Å². The number of rotatable bonds is 5. The van der Waals surface area contributed by atoms with Crippen LogP contribution in [0.15, 0.2) is 72.9 Å². The topological polar surface area (TPSA) is 74.8 Å². The summed E-state index contributed by atoms with van der Waals surface area (Å²) in [5.74, 6) is -1.11. The van der Waals surface area contributed by atoms with Crippen molar-refractivity contribution in [2.75, 3.05) is 0 Å². The number of fused-ring (bicyclic) bond motifs is 1. The Morgan fingerprint density at radius 1 is 1.07 bits per heavy atom. The highest BCUT2D eigenvalue weighted by atomic mass is 35.5. The first kappa shape index (κ1) is 19.2. The Morgan fingerprint density at radius 2 is 1.62 bits per heavy atom. The summed E-state index contributed by atoms with van der Waals surface area (Å²) < 4.78 is 1.54. The molecule has 6 heteroatoms. The van der Waals surface area contributed by atoms with Crippen molar-refractivity contribution in [3.63, 3.8) is 0 Å². The number of benzene rings is 2. The first-order valence-electron chi connectivity index (χ1n) is 9.24. The molecule has 0 bridgehead atoms. The molecule has 0 spiro atoms. The molecule has 146 valence electrons. The third-order valence-electron chi connectivity index (χ3n) is 5.13. The lowest BCUT2D eigenvalue weighted by atomic mass is 9.81. The Balaban J connectivity index is 2.07. The van der Waals surface area contributed by atoms with Gasteiger partial charge in [-0.15, -0.1) is 0 Å². The van der Waals surface area contributed by atoms with Gasteiger partial charge < -0.3 is 10.2 Å². The number of nitrogens with zero attached hydrogens (tertiary/aromatic N) is 2. The minimum Gasteiger partial charge on any atom is -0.478 e. The Morgan fingerprint density at radius 3 is 2.10 bits per heavy atom. The van der Waals surface area contributed by atoms with Crippen molar-refractivity contribution in [1.29, 1.82) is 0 Å². The van der Waals surface area contributed by atoms with Gasteiger partial charge in [0.1, 0.15) is 5.69 Å². The molecule has 0 radical (unpaired) electrons. The van der Waals surface area contributed by atoms with Gasteiger partial charge in [-0.1, -0.05) is 79.2 Å². The molecular weight excluding hydrogens is 388 g/mol. The predicted octanol–water partition coefficient (Wildman–Crippen LogP) is 4.53. The summed E-state index contributed by atoms with van der Waals surface area (Å²) in [6.45, 7) is 1.95. The van der Waals surface area contributed by atoms with Crippen molar-refractivity contribution in [3.05, 3.63) is 106 Å². The quantitative estimate of drug-likeness (QED) is 0.510. The summed E-state index contributed by atoms with van der Waals surface area (Å²) in [4.78, 5) is 11.5. The van der Waals surface area contributed by atoms with Crippen molar-refractivity contribution in [2.45, 2.75) is 18.9 Å². The van der Waals surface area contributed by atoms with E-state index in [1.807, 2.05) is 67.6 Å². The number of pyridine rings is 1. The standard InChI is InChI=1S/C23H19ClN2O3/c1-2-17-20-13-18(22(27)28)19(24)14-26(20)25-21(17)23(29,15-9-5-3-6-10-15)16-11-7-4-8-12-16/h3-14,29H,2H2,1H3,(H,27,28). The Bertz CT molecular complexity index is 1150. The summed E-state index contributed by atoms with van der Waals surface area (Å²) in [5.41, 5.74) is 1.67. The van der Waals surface area contributed by atoms with Crippen LogP contribution < -0.4 is 0 Å². The molecule has 0 saturated carbocycles. The maximum absolute atomic E-state index is 12.1. The first-order valence-corrected chi connectivity index (χ1v) is 9.62. The molecular formula is C23H19ClN2O3. The van der Waals surface area contributed by atoms with E-state index >= 15 is 0 Å². The molecule has 2 N–H and O–H groups in total. The number of aliphatic hydroxyl groups is 1. The molecule has 0 unspecified atom stereocenters. The van der Waals surface area contributed by atoms with Gasteiger partial charge in [-0.3, -0.25) is 0 Å². The van der Waals surface area contributed by atoms with Gasteiger partial charge in [0, 0.05) is 11.8 Å². The van der Waals surface area contributed by atoms with Crippen LogP contribution in [0.25, 0.3) is 5.52 Å². The number of carboxylic acid groups (broad SMARTS) is 1. The fraction of sp³-hybridized carbons (Fsp3) is 0.130. The maximum Gasteiger partial charge on any atom is 0.337 e. The average Bonchev–Trinajstić information content (AvgIpc) is 3.11. The molecule has 2 aromatic carbocycles. The molecule has 4 aromatic rings. The van der Waals surface area contributed by atoms with Gasteiger partial charge in [-0.05, 0) is 23.6 Å². The fourth-order valence-electron chi connectivity index (χ4n) is 3.72. The summed E-state index contributed by atoms with van der Waals surface area (Å²) in [7, 11) is 0. The fourth-order valence-corrected chi connectivity index (χ4v) is 3.95. The predicted molar refractivity (Wildman–Crippen MR) is 112 cm³/mol. The summed E-state index contributed by atoms with van der Waals surface area (Å²) >= 11 is 6.15. The van der Waals surface area contributed by atoms with Crippen molar-refractivity contribution >= 4 is 23.1 Å². The van der Waals surface area contributed by atoms with E-state index < -0.39 is 11.6 Å². The van der Waals surface area contributed by atoms with Crippen LogP contribution in [-0.2, 0) is 12.0 Å². The zero-order valence-electron chi connectivity index (χ0n) is 15.7. The van der Waals surface area contributed by atoms with Gasteiger partial charge in [0.15, 0.2) is 5.60 Å². The number of hydrogen-bond donors (Lipinski definition) is 2. The molecule has 0 amide bonds. The Hall–Kier alpha value is -3.15. The van der Waals surface area contributed by atoms with Crippen LogP contribution in [0.3, 0.4) is 0 Å². The highest BCUT2D eigenvalue weighted by Crippen LogP contribution is 2.39. The number of aryl methyl sites for hydroxylation is 1. The molecule has 0 aliphatic carbocycles. The highest BCUT2D eigenvalue weighted by molar-refractivity contribution is 6.33. The number of carboxylic acids is 1. The molecule has 5 nitrogen and oxygen atoms in total. The largest absolute Gasteiger partial charge is 0.478 e. The Kier molecular flexibility index (Phi) is 4.86. The van der Waals surface area contributed by atoms with E-state index in [-0.39, 0.29) is 10.6 Å². The van der Waals surface area contributed by atoms with E-state index in [1.165, 1.54) is 12.3 Å². The Labute approximate surface area is 172 Å². The SMILES string of the molecule is CCc1c(C(O)(c2ccccc2)c2ccccc2)nn2cc(Cl)c(C(=O)O)cc12. The van der Waals surface area contributed by atoms with Crippen molar-refractivity contribution in [3.8, 4) is 0 Å². The molecule has 4 rings (SSSR count). The monoisotopic (exact) mass is 406 g/mol. The summed E-state index contributed by atoms with van der Waals surface area (Å²) in [6, 6.07) is 20.2. The second kappa shape index (κ2) is 7.35. The molecule has 0 atom stereocenters. The van der Waals surface area contributed by atoms with E-state index in [0.717, 1.165) is 5.56 Å². The van der Waals surface area contributed by atoms with Gasteiger partial charge >= 0.3 is 5.97 Å². The van der Waals surface area contributed by atoms with Crippen LogP contribution in [0, 0.1) is 0 Å². The lowest BCUT2D eigenvalue weighted by Gasteiger charge is -2.28. The molecule has 0 saturated heterocycles. The van der Waals surface area contributed by atoms with Gasteiger partial charge in [0.25, 0.3) is 0 Å². The van der Waals surface area contributed by atoms with Crippen LogP contribution >= 0.6 is 11.6 Å². The third-order valence-corrected chi connectivity index (χ3v) is 5.43. The average molecular weight is 407 g/mol. The normalized spacial score (nSPS) is 11.7. The van der Waals surface area contributed by atoms with Gasteiger partial charge in [-0.2, -0.15) is 5.10 Å². The maximum atomic E-state index is 12.1. The van der Waals surface area contributed by atoms with Crippen molar-refractivity contribution in [1.82, 2.24) is 9.61 Å². The molecule has 0 fully saturated rings. The van der Waals surface area contributed by atoms with Gasteiger partial charge in [0.2, 0.25) is 0 Å². The minimum absolute atomic E-state index is 0.00304. The molecule has 0 aliphatic heterocycles. The van der Waals surface area contributed by atoms with E-state index in [9.17, 15) is 15.0 Å². The second-order valence-electron chi connectivity index (χ2n) is 6.79. The number of hydrogen-bond acceptors (Lipinski definition) is 3. The number of carbonyl (C=O) groups is 1. The smallest absolute Gasteiger partial charge is 0.337 e. The van der Waals surface area contributed by atoms with Crippen molar-refractivity contribution in [2.24, 2.45) is 0 Å². The zero-order valence-corrected chi connectivity index (χ0v) is 16.5. The van der Waals surface area contributed by atoms with Crippen LogP contribution in [0.4, 0.5) is 0 Å². The van der Waals surface area contributed by atoms with Crippen molar-refractivity contribution < 1.29 is 15.0 Å². The van der Waals surface area contributed by atoms with Crippen LogP contribution in [0.1, 0.15) is 39.7 Å². The van der Waals surface area contributed by atoms with E-state index in [0.29, 0.717) is 28.8 Å². The number of aromatic nitrogens is 2. The highest BCUT2D eigenvalue weighted by Gasteiger charge is 2.39. The van der Waals surface area contributed by atoms with E-state index in [4.69, 9.17) is 11.6 Å². The van der Waals surface area contributed by atoms with E-state index in [1.54, 1.807) is 4.52 Å². The zero-order chi connectivity index (χ0) is 20.6. The minimum atomic E-state index is -1.50. The molecule has 2 heterocycles. The summed E-state index contributed by atoms with van der Waals surface area (Å²) in [6.07, 6.45) is 2.03. The second-order valence-corrected chi connectivity index (χ2v) is 7.20. The van der Waals surface area contributed by atoms with Gasteiger partial charge in [-0.25, -0.2) is 9.31 Å². The van der Waals surface area contributed by atoms with Crippen LogP contribution in [0.2, 0.25) is 5.02 Å². The summed E-state index contributed by atoms with van der Waals surface area (Å²) in [5, 5.41) is 26.3. The molecule has 0 aliphatic rings. The first-order chi connectivity index (χ1) is 14.0. The van der Waals surface area contributed by atoms with Crippen LogP contribution in [0.5, 0.6) is 0 Å². The number of halogens is 1. The third kappa shape index (κ3) is 3.09. The molecule has 29 heavy (non-hydrogen) atoms. The van der Waals surface area contributed by atoms with Crippen LogP contribution in [-0.4, -0.2) is 25.8 Å².